The minimum Gasteiger partial charge on any atom is -0.369 e. The summed E-state index contributed by atoms with van der Waals surface area (Å²) in [6.07, 6.45) is 3.68. The molecule has 0 aromatic carbocycles. The zero-order valence-corrected chi connectivity index (χ0v) is 9.48. The summed E-state index contributed by atoms with van der Waals surface area (Å²) in [6, 6.07) is 1.93. The average molecular weight is 232 g/mol. The molecule has 1 fully saturated rings. The van der Waals surface area contributed by atoms with Crippen molar-refractivity contribution >= 4 is 22.9 Å². The first-order valence-corrected chi connectivity index (χ1v) is 6.15. The summed E-state index contributed by atoms with van der Waals surface area (Å²) < 4.78 is 5.87. The van der Waals surface area contributed by atoms with Crippen molar-refractivity contribution in [2.24, 2.45) is 5.73 Å². The van der Waals surface area contributed by atoms with E-state index in [1.54, 1.807) is 11.3 Å². The van der Waals surface area contributed by atoms with Crippen molar-refractivity contribution in [2.75, 3.05) is 6.54 Å². The fourth-order valence-corrected chi connectivity index (χ4v) is 3.08. The standard InChI is InChI=1S/C10H14ClNOS/c11-8-4-6-14-10(8)9-2-1-7(13-9)3-5-12/h4,6-7,9H,1-3,5,12H2. The van der Waals surface area contributed by atoms with E-state index in [0.717, 1.165) is 24.3 Å². The van der Waals surface area contributed by atoms with Crippen molar-refractivity contribution in [3.8, 4) is 0 Å². The fraction of sp³-hybridized carbons (Fsp3) is 0.600. The molecule has 2 nitrogen and oxygen atoms in total. The maximum atomic E-state index is 6.05. The van der Waals surface area contributed by atoms with Gasteiger partial charge in [0.15, 0.2) is 0 Å². The van der Waals surface area contributed by atoms with Crippen LogP contribution in [0.2, 0.25) is 5.02 Å². The van der Waals surface area contributed by atoms with Crippen LogP contribution in [0.25, 0.3) is 0 Å². The maximum absolute atomic E-state index is 6.05. The van der Waals surface area contributed by atoms with E-state index in [4.69, 9.17) is 22.1 Å². The van der Waals surface area contributed by atoms with Gasteiger partial charge in [-0.1, -0.05) is 11.6 Å². The molecule has 2 heterocycles. The highest BCUT2D eigenvalue weighted by molar-refractivity contribution is 7.10. The summed E-state index contributed by atoms with van der Waals surface area (Å²) in [7, 11) is 0. The molecule has 14 heavy (non-hydrogen) atoms. The Morgan fingerprint density at radius 1 is 1.57 bits per heavy atom. The fourth-order valence-electron chi connectivity index (χ4n) is 1.83. The van der Waals surface area contributed by atoms with Crippen molar-refractivity contribution in [3.63, 3.8) is 0 Å². The second-order valence-corrected chi connectivity index (χ2v) is 4.89. The van der Waals surface area contributed by atoms with E-state index in [1.807, 2.05) is 11.4 Å². The van der Waals surface area contributed by atoms with Crippen LogP contribution in [-0.4, -0.2) is 12.6 Å². The van der Waals surface area contributed by atoms with Crippen LogP contribution in [0, 0.1) is 0 Å². The van der Waals surface area contributed by atoms with Crippen molar-refractivity contribution in [1.29, 1.82) is 0 Å². The highest BCUT2D eigenvalue weighted by Gasteiger charge is 2.27. The van der Waals surface area contributed by atoms with Crippen LogP contribution >= 0.6 is 22.9 Å². The third-order valence-electron chi connectivity index (χ3n) is 2.53. The van der Waals surface area contributed by atoms with Gasteiger partial charge in [-0.3, -0.25) is 0 Å². The summed E-state index contributed by atoms with van der Waals surface area (Å²) in [5.74, 6) is 0. The first-order valence-electron chi connectivity index (χ1n) is 4.89. The molecule has 1 aliphatic rings. The van der Waals surface area contributed by atoms with E-state index in [9.17, 15) is 0 Å². The predicted molar refractivity (Wildman–Crippen MR) is 59.8 cm³/mol. The lowest BCUT2D eigenvalue weighted by atomic mass is 10.1. The van der Waals surface area contributed by atoms with Crippen LogP contribution in [0.3, 0.4) is 0 Å². The Labute approximate surface area is 93.0 Å². The van der Waals surface area contributed by atoms with Crippen LogP contribution in [0.5, 0.6) is 0 Å². The number of thiophene rings is 1. The highest BCUT2D eigenvalue weighted by atomic mass is 35.5. The number of nitrogens with two attached hydrogens (primary N) is 1. The Hall–Kier alpha value is -0.0900. The molecule has 4 heteroatoms. The smallest absolute Gasteiger partial charge is 0.0936 e. The number of halogens is 1. The molecule has 1 aromatic heterocycles. The summed E-state index contributed by atoms with van der Waals surface area (Å²) >= 11 is 7.73. The number of ether oxygens (including phenoxy) is 1. The van der Waals surface area contributed by atoms with Gasteiger partial charge in [-0.2, -0.15) is 0 Å². The van der Waals surface area contributed by atoms with Crippen molar-refractivity contribution < 1.29 is 4.74 Å². The first kappa shape index (κ1) is 10.4. The SMILES string of the molecule is NCCC1CCC(c2sccc2Cl)O1. The van der Waals surface area contributed by atoms with Gasteiger partial charge >= 0.3 is 0 Å². The number of hydrogen-bond donors (Lipinski definition) is 1. The van der Waals surface area contributed by atoms with Crippen LogP contribution in [0.4, 0.5) is 0 Å². The van der Waals surface area contributed by atoms with Gasteiger partial charge in [0.2, 0.25) is 0 Å². The molecule has 78 valence electrons. The summed E-state index contributed by atoms with van der Waals surface area (Å²) in [5.41, 5.74) is 5.50. The summed E-state index contributed by atoms with van der Waals surface area (Å²) in [6.45, 7) is 0.704. The van der Waals surface area contributed by atoms with Gasteiger partial charge in [-0.15, -0.1) is 11.3 Å². The second kappa shape index (κ2) is 4.62. The van der Waals surface area contributed by atoms with Crippen LogP contribution in [-0.2, 0) is 4.74 Å². The van der Waals surface area contributed by atoms with Gasteiger partial charge in [-0.05, 0) is 37.3 Å². The normalized spacial score (nSPS) is 27.0. The van der Waals surface area contributed by atoms with Gasteiger partial charge in [0, 0.05) is 0 Å². The van der Waals surface area contributed by atoms with E-state index in [0.29, 0.717) is 12.6 Å². The molecule has 1 aliphatic heterocycles. The molecular formula is C10H14ClNOS. The largest absolute Gasteiger partial charge is 0.369 e. The molecule has 2 atom stereocenters. The molecule has 0 saturated carbocycles. The molecule has 0 amide bonds. The zero-order valence-electron chi connectivity index (χ0n) is 7.91. The summed E-state index contributed by atoms with van der Waals surface area (Å²) in [4.78, 5) is 1.17. The molecule has 0 bridgehead atoms. The Bertz CT molecular complexity index is 302. The molecule has 0 aliphatic carbocycles. The lowest BCUT2D eigenvalue weighted by Crippen LogP contribution is -2.12. The predicted octanol–water partition coefficient (Wildman–Crippen LogP) is 2.97. The Balaban J connectivity index is 1.99. The van der Waals surface area contributed by atoms with E-state index >= 15 is 0 Å². The molecular weight excluding hydrogens is 218 g/mol. The molecule has 2 rings (SSSR count). The molecule has 0 spiro atoms. The van der Waals surface area contributed by atoms with Crippen LogP contribution in [0.15, 0.2) is 11.4 Å². The van der Waals surface area contributed by atoms with Crippen LogP contribution < -0.4 is 5.73 Å². The van der Waals surface area contributed by atoms with E-state index in [-0.39, 0.29) is 6.10 Å². The molecule has 1 aromatic rings. The topological polar surface area (TPSA) is 35.2 Å². The maximum Gasteiger partial charge on any atom is 0.0936 e. The second-order valence-electron chi connectivity index (χ2n) is 3.53. The van der Waals surface area contributed by atoms with Gasteiger partial charge in [0.1, 0.15) is 0 Å². The zero-order chi connectivity index (χ0) is 9.97. The minimum absolute atomic E-state index is 0.207. The minimum atomic E-state index is 0.207. The summed E-state index contributed by atoms with van der Waals surface area (Å²) in [5, 5.41) is 2.85. The van der Waals surface area contributed by atoms with Gasteiger partial charge in [-0.25, -0.2) is 0 Å². The van der Waals surface area contributed by atoms with Crippen molar-refractivity contribution in [3.05, 3.63) is 21.3 Å². The third-order valence-corrected chi connectivity index (χ3v) is 3.98. The van der Waals surface area contributed by atoms with Crippen molar-refractivity contribution in [2.45, 2.75) is 31.5 Å². The lowest BCUT2D eigenvalue weighted by molar-refractivity contribution is 0.0434. The number of rotatable bonds is 3. The van der Waals surface area contributed by atoms with Gasteiger partial charge in [0.05, 0.1) is 22.1 Å². The van der Waals surface area contributed by atoms with Crippen molar-refractivity contribution in [1.82, 2.24) is 0 Å². The first-order chi connectivity index (χ1) is 6.81. The van der Waals surface area contributed by atoms with Gasteiger partial charge < -0.3 is 10.5 Å². The molecule has 1 saturated heterocycles. The Morgan fingerprint density at radius 2 is 2.43 bits per heavy atom. The quantitative estimate of drug-likeness (QED) is 0.868. The highest BCUT2D eigenvalue weighted by Crippen LogP contribution is 2.39. The molecule has 2 unspecified atom stereocenters. The third kappa shape index (κ3) is 2.11. The van der Waals surface area contributed by atoms with E-state index < -0.39 is 0 Å². The number of hydrogen-bond acceptors (Lipinski definition) is 3. The average Bonchev–Trinajstić information content (AvgIpc) is 2.74. The Morgan fingerprint density at radius 3 is 3.07 bits per heavy atom. The van der Waals surface area contributed by atoms with E-state index in [1.165, 1.54) is 4.88 Å². The Kier molecular flexibility index (Phi) is 3.44. The molecule has 2 N–H and O–H groups in total. The monoisotopic (exact) mass is 231 g/mol. The molecule has 0 radical (unpaired) electrons. The lowest BCUT2D eigenvalue weighted by Gasteiger charge is -2.11. The van der Waals surface area contributed by atoms with Gasteiger partial charge in [0.25, 0.3) is 0 Å². The van der Waals surface area contributed by atoms with E-state index in [2.05, 4.69) is 0 Å². The van der Waals surface area contributed by atoms with Crippen LogP contribution in [0.1, 0.15) is 30.2 Å².